The van der Waals surface area contributed by atoms with Crippen LogP contribution in [0.2, 0.25) is 0 Å². The first-order valence-electron chi connectivity index (χ1n) is 6.65. The van der Waals surface area contributed by atoms with Gasteiger partial charge in [0.1, 0.15) is 11.5 Å². The average Bonchev–Trinajstić information content (AvgIpc) is 2.50. The molecule has 23 heavy (non-hydrogen) atoms. The van der Waals surface area contributed by atoms with Crippen LogP contribution in [0.25, 0.3) is 0 Å². The first-order chi connectivity index (χ1) is 10.8. The van der Waals surface area contributed by atoms with Crippen LogP contribution in [-0.2, 0) is 6.18 Å². The average molecular weight is 331 g/mol. The monoisotopic (exact) mass is 331 g/mol. The fraction of sp³-hybridized carbons (Fsp3) is 0.267. The van der Waals surface area contributed by atoms with Crippen molar-refractivity contribution in [2.45, 2.75) is 25.8 Å². The van der Waals surface area contributed by atoms with Crippen LogP contribution >= 0.6 is 0 Å². The zero-order valence-electron chi connectivity index (χ0n) is 12.0. The van der Waals surface area contributed by atoms with Gasteiger partial charge in [-0.1, -0.05) is 6.92 Å². The van der Waals surface area contributed by atoms with E-state index in [9.17, 15) is 22.7 Å². The summed E-state index contributed by atoms with van der Waals surface area (Å²) in [7, 11) is 0. The Morgan fingerprint density at radius 1 is 1.17 bits per heavy atom. The van der Waals surface area contributed by atoms with Crippen molar-refractivity contribution in [1.82, 2.24) is 4.98 Å². The third-order valence-electron chi connectivity index (χ3n) is 2.79. The SMILES string of the molecule is CCC(O)Oc1ccc(Oc2ncc(C(F)(F)F)cc2F)cc1. The van der Waals surface area contributed by atoms with Crippen molar-refractivity contribution < 1.29 is 32.1 Å². The van der Waals surface area contributed by atoms with Crippen LogP contribution in [0.5, 0.6) is 17.4 Å². The molecule has 1 N–H and O–H groups in total. The second kappa shape index (κ2) is 6.82. The van der Waals surface area contributed by atoms with E-state index in [4.69, 9.17) is 9.47 Å². The number of nitrogens with zero attached hydrogens (tertiary/aromatic N) is 1. The number of hydrogen-bond acceptors (Lipinski definition) is 4. The molecule has 2 aromatic rings. The largest absolute Gasteiger partial charge is 0.465 e. The van der Waals surface area contributed by atoms with E-state index < -0.39 is 29.7 Å². The van der Waals surface area contributed by atoms with E-state index in [0.717, 1.165) is 0 Å². The lowest BCUT2D eigenvalue weighted by Crippen LogP contribution is -2.13. The van der Waals surface area contributed by atoms with Crippen molar-refractivity contribution >= 4 is 0 Å². The molecule has 1 aromatic carbocycles. The van der Waals surface area contributed by atoms with Crippen LogP contribution < -0.4 is 9.47 Å². The highest BCUT2D eigenvalue weighted by molar-refractivity contribution is 5.34. The summed E-state index contributed by atoms with van der Waals surface area (Å²) in [4.78, 5) is 3.34. The lowest BCUT2D eigenvalue weighted by Gasteiger charge is -2.12. The molecule has 1 atom stereocenters. The number of benzene rings is 1. The molecule has 0 saturated heterocycles. The van der Waals surface area contributed by atoms with Gasteiger partial charge in [0.25, 0.3) is 5.88 Å². The Bertz CT molecular complexity index is 659. The number of aliphatic hydroxyl groups excluding tert-OH is 1. The minimum atomic E-state index is -4.68. The van der Waals surface area contributed by atoms with E-state index in [1.807, 2.05) is 0 Å². The second-order valence-corrected chi connectivity index (χ2v) is 4.56. The molecule has 4 nitrogen and oxygen atoms in total. The molecule has 1 aromatic heterocycles. The van der Waals surface area contributed by atoms with Crippen molar-refractivity contribution in [2.24, 2.45) is 0 Å². The van der Waals surface area contributed by atoms with Crippen molar-refractivity contribution in [3.63, 3.8) is 0 Å². The van der Waals surface area contributed by atoms with Crippen molar-refractivity contribution in [3.05, 3.63) is 47.9 Å². The van der Waals surface area contributed by atoms with Gasteiger partial charge in [0.2, 0.25) is 0 Å². The highest BCUT2D eigenvalue weighted by Crippen LogP contribution is 2.32. The molecule has 0 fully saturated rings. The third-order valence-corrected chi connectivity index (χ3v) is 2.79. The maximum Gasteiger partial charge on any atom is 0.417 e. The molecule has 0 aliphatic heterocycles. The van der Waals surface area contributed by atoms with Crippen molar-refractivity contribution in [2.75, 3.05) is 0 Å². The van der Waals surface area contributed by atoms with Gasteiger partial charge in [-0.3, -0.25) is 0 Å². The van der Waals surface area contributed by atoms with Gasteiger partial charge in [0.05, 0.1) is 5.56 Å². The number of aromatic nitrogens is 1. The molecular formula is C15H13F4NO3. The standard InChI is InChI=1S/C15H13F4NO3/c1-2-13(21)22-10-3-5-11(6-4-10)23-14-12(16)7-9(8-20-14)15(17,18)19/h3-8,13,21H,2H2,1H3. The fourth-order valence-corrected chi connectivity index (χ4v) is 1.59. The number of rotatable bonds is 5. The number of pyridine rings is 1. The van der Waals surface area contributed by atoms with Gasteiger partial charge in [-0.25, -0.2) is 9.37 Å². The molecule has 0 amide bonds. The molecule has 0 bridgehead atoms. The molecule has 0 aliphatic carbocycles. The summed E-state index contributed by atoms with van der Waals surface area (Å²) in [6, 6.07) is 6.08. The molecule has 8 heteroatoms. The summed E-state index contributed by atoms with van der Waals surface area (Å²) in [6.07, 6.45) is -4.73. The van der Waals surface area contributed by atoms with Crippen LogP contribution in [0, 0.1) is 5.82 Å². The third kappa shape index (κ3) is 4.56. The highest BCUT2D eigenvalue weighted by Gasteiger charge is 2.32. The summed E-state index contributed by atoms with van der Waals surface area (Å²) in [5.41, 5.74) is -1.19. The maximum absolute atomic E-state index is 13.6. The lowest BCUT2D eigenvalue weighted by molar-refractivity contribution is -0.138. The van der Waals surface area contributed by atoms with Gasteiger partial charge in [-0.2, -0.15) is 13.2 Å². The summed E-state index contributed by atoms with van der Waals surface area (Å²) < 4.78 is 61.1. The molecule has 0 saturated carbocycles. The van der Waals surface area contributed by atoms with Crippen LogP contribution in [0.3, 0.4) is 0 Å². The Balaban J connectivity index is 2.10. The first-order valence-corrected chi connectivity index (χ1v) is 6.65. The van der Waals surface area contributed by atoms with E-state index in [1.165, 1.54) is 24.3 Å². The lowest BCUT2D eigenvalue weighted by atomic mass is 10.2. The first kappa shape index (κ1) is 17.0. The number of alkyl halides is 3. The molecule has 1 heterocycles. The molecule has 124 valence electrons. The minimum Gasteiger partial charge on any atom is -0.465 e. The van der Waals surface area contributed by atoms with Gasteiger partial charge in [-0.15, -0.1) is 0 Å². The molecule has 0 spiro atoms. The van der Waals surface area contributed by atoms with Gasteiger partial charge in [-0.05, 0) is 30.3 Å². The van der Waals surface area contributed by atoms with Crippen LogP contribution in [0.15, 0.2) is 36.5 Å². The van der Waals surface area contributed by atoms with Crippen molar-refractivity contribution in [3.8, 4) is 17.4 Å². The summed E-state index contributed by atoms with van der Waals surface area (Å²) >= 11 is 0. The molecule has 1 unspecified atom stereocenters. The molecule has 0 aliphatic rings. The van der Waals surface area contributed by atoms with E-state index in [2.05, 4.69) is 4.98 Å². The summed E-state index contributed by atoms with van der Waals surface area (Å²) in [5, 5.41) is 9.34. The Hall–Kier alpha value is -2.35. The van der Waals surface area contributed by atoms with Gasteiger partial charge in [0, 0.05) is 12.6 Å². The predicted molar refractivity (Wildman–Crippen MR) is 72.6 cm³/mol. The second-order valence-electron chi connectivity index (χ2n) is 4.56. The normalized spacial score (nSPS) is 12.8. The highest BCUT2D eigenvalue weighted by atomic mass is 19.4. The fourth-order valence-electron chi connectivity index (χ4n) is 1.59. The van der Waals surface area contributed by atoms with E-state index in [0.29, 0.717) is 24.4 Å². The van der Waals surface area contributed by atoms with Crippen molar-refractivity contribution in [1.29, 1.82) is 0 Å². The zero-order chi connectivity index (χ0) is 17.0. The predicted octanol–water partition coefficient (Wildman–Crippen LogP) is 4.14. The smallest absolute Gasteiger partial charge is 0.417 e. The number of ether oxygens (including phenoxy) is 2. The topological polar surface area (TPSA) is 51.6 Å². The Labute approximate surface area is 129 Å². The van der Waals surface area contributed by atoms with Gasteiger partial charge >= 0.3 is 6.18 Å². The van der Waals surface area contributed by atoms with E-state index >= 15 is 0 Å². The zero-order valence-corrected chi connectivity index (χ0v) is 12.0. The summed E-state index contributed by atoms with van der Waals surface area (Å²) in [5.74, 6) is -1.26. The Morgan fingerprint density at radius 3 is 2.30 bits per heavy atom. The minimum absolute atomic E-state index is 0.162. The Morgan fingerprint density at radius 2 is 1.78 bits per heavy atom. The number of aliphatic hydroxyl groups is 1. The molecule has 0 radical (unpaired) electrons. The Kier molecular flexibility index (Phi) is 5.05. The maximum atomic E-state index is 13.6. The van der Waals surface area contributed by atoms with Crippen LogP contribution in [-0.4, -0.2) is 16.4 Å². The number of hydrogen-bond donors (Lipinski definition) is 1. The van der Waals surface area contributed by atoms with Crippen LogP contribution in [0.4, 0.5) is 17.6 Å². The van der Waals surface area contributed by atoms with Crippen LogP contribution in [0.1, 0.15) is 18.9 Å². The number of halogens is 4. The van der Waals surface area contributed by atoms with Gasteiger partial charge < -0.3 is 14.6 Å². The molecule has 2 rings (SSSR count). The quantitative estimate of drug-likeness (QED) is 0.661. The van der Waals surface area contributed by atoms with E-state index in [1.54, 1.807) is 6.92 Å². The molecular weight excluding hydrogens is 318 g/mol. The van der Waals surface area contributed by atoms with E-state index in [-0.39, 0.29) is 5.75 Å². The van der Waals surface area contributed by atoms with Gasteiger partial charge in [0.15, 0.2) is 12.1 Å². The summed E-state index contributed by atoms with van der Waals surface area (Å²) in [6.45, 7) is 1.74.